The third kappa shape index (κ3) is 3.74. The van der Waals surface area contributed by atoms with E-state index in [9.17, 15) is 5.11 Å². The van der Waals surface area contributed by atoms with Gasteiger partial charge in [-0.3, -0.25) is 10.3 Å². The normalized spacial score (nSPS) is 31.2. The summed E-state index contributed by atoms with van der Waals surface area (Å²) in [6.45, 7) is 4.20. The Morgan fingerprint density at radius 1 is 1.54 bits per heavy atom. The van der Waals surface area contributed by atoms with E-state index in [4.69, 9.17) is 11.1 Å². The zero-order valence-electron chi connectivity index (χ0n) is 8.21. The van der Waals surface area contributed by atoms with Crippen molar-refractivity contribution in [2.24, 2.45) is 5.73 Å². The van der Waals surface area contributed by atoms with E-state index in [1.54, 1.807) is 0 Å². The highest BCUT2D eigenvalue weighted by Crippen LogP contribution is 2.20. The first-order chi connectivity index (χ1) is 5.99. The molecule has 4 nitrogen and oxygen atoms in total. The summed E-state index contributed by atoms with van der Waals surface area (Å²) in [5.41, 5.74) is 4.80. The predicted octanol–water partition coefficient (Wildman–Crippen LogP) is 0.159. The molecule has 0 radical (unpaired) electrons. The monoisotopic (exact) mass is 185 g/mol. The molecule has 1 aliphatic heterocycles. The summed E-state index contributed by atoms with van der Waals surface area (Å²) in [6.07, 6.45) is 2.61. The van der Waals surface area contributed by atoms with Crippen molar-refractivity contribution >= 4 is 5.84 Å². The van der Waals surface area contributed by atoms with E-state index in [0.717, 1.165) is 32.4 Å². The highest BCUT2D eigenvalue weighted by atomic mass is 16.3. The van der Waals surface area contributed by atoms with E-state index >= 15 is 0 Å². The Morgan fingerprint density at radius 2 is 2.23 bits per heavy atom. The molecular weight excluding hydrogens is 166 g/mol. The number of likely N-dealkylation sites (tertiary alicyclic amines) is 1. The molecule has 0 aromatic heterocycles. The summed E-state index contributed by atoms with van der Waals surface area (Å²) in [5, 5.41) is 17.0. The molecule has 1 rings (SSSR count). The van der Waals surface area contributed by atoms with Gasteiger partial charge < -0.3 is 10.8 Å². The summed E-state index contributed by atoms with van der Waals surface area (Å²) in [4.78, 5) is 2.13. The molecule has 1 heterocycles. The molecule has 0 spiro atoms. The second kappa shape index (κ2) is 4.07. The highest BCUT2D eigenvalue weighted by Gasteiger charge is 2.24. The van der Waals surface area contributed by atoms with Crippen LogP contribution in [0.5, 0.6) is 0 Å². The van der Waals surface area contributed by atoms with Crippen molar-refractivity contribution in [2.45, 2.75) is 31.8 Å². The van der Waals surface area contributed by atoms with Crippen LogP contribution < -0.4 is 5.73 Å². The predicted molar refractivity (Wildman–Crippen MR) is 52.8 cm³/mol. The Hall–Kier alpha value is -0.610. The third-order valence-electron chi connectivity index (χ3n) is 2.55. The van der Waals surface area contributed by atoms with Crippen molar-refractivity contribution in [1.29, 1.82) is 5.41 Å². The molecule has 0 aromatic carbocycles. The fraction of sp³-hybridized carbons (Fsp3) is 0.889. The van der Waals surface area contributed by atoms with Crippen LogP contribution in [0.3, 0.4) is 0 Å². The number of nitrogens with one attached hydrogen (secondary N) is 1. The Balaban J connectivity index is 2.40. The van der Waals surface area contributed by atoms with Crippen LogP contribution in [0.25, 0.3) is 0 Å². The van der Waals surface area contributed by atoms with E-state index in [2.05, 4.69) is 4.90 Å². The molecule has 1 saturated heterocycles. The van der Waals surface area contributed by atoms with E-state index in [0.29, 0.717) is 6.54 Å². The van der Waals surface area contributed by atoms with Gasteiger partial charge in [0.15, 0.2) is 0 Å². The largest absolute Gasteiger partial charge is 0.390 e. The second-order valence-electron chi connectivity index (χ2n) is 4.15. The standard InChI is InChI=1S/C9H19N3O/c1-9(13)3-2-5-12(6-4-9)7-8(10)11/h13H,2-7H2,1H3,(H3,10,11). The van der Waals surface area contributed by atoms with E-state index in [1.807, 2.05) is 6.92 Å². The van der Waals surface area contributed by atoms with Crippen LogP contribution in [0.4, 0.5) is 0 Å². The Bertz CT molecular complexity index is 191. The lowest BCUT2D eigenvalue weighted by Gasteiger charge is -2.21. The minimum absolute atomic E-state index is 0.210. The van der Waals surface area contributed by atoms with Gasteiger partial charge in [0.05, 0.1) is 12.1 Å². The summed E-state index contributed by atoms with van der Waals surface area (Å²) in [7, 11) is 0. The van der Waals surface area contributed by atoms with Crippen LogP contribution in [0.1, 0.15) is 26.2 Å². The number of amidine groups is 1. The number of hydrogen-bond acceptors (Lipinski definition) is 3. The number of rotatable bonds is 2. The van der Waals surface area contributed by atoms with Crippen molar-refractivity contribution in [3.8, 4) is 0 Å². The van der Waals surface area contributed by atoms with Gasteiger partial charge >= 0.3 is 0 Å². The lowest BCUT2D eigenvalue weighted by molar-refractivity contribution is 0.0451. The smallest absolute Gasteiger partial charge is 0.105 e. The van der Waals surface area contributed by atoms with Gasteiger partial charge in [-0.25, -0.2) is 0 Å². The molecule has 4 heteroatoms. The molecule has 0 aromatic rings. The van der Waals surface area contributed by atoms with Crippen molar-refractivity contribution in [3.05, 3.63) is 0 Å². The summed E-state index contributed by atoms with van der Waals surface area (Å²) >= 11 is 0. The summed E-state index contributed by atoms with van der Waals surface area (Å²) < 4.78 is 0. The van der Waals surface area contributed by atoms with Crippen LogP contribution in [-0.2, 0) is 0 Å². The molecule has 13 heavy (non-hydrogen) atoms. The quantitative estimate of drug-likeness (QED) is 0.424. The maximum atomic E-state index is 9.79. The van der Waals surface area contributed by atoms with Gasteiger partial charge in [-0.1, -0.05) is 0 Å². The maximum absolute atomic E-state index is 9.79. The van der Waals surface area contributed by atoms with Gasteiger partial charge in [0.25, 0.3) is 0 Å². The molecule has 1 atom stereocenters. The fourth-order valence-corrected chi connectivity index (χ4v) is 1.72. The zero-order chi connectivity index (χ0) is 9.90. The van der Waals surface area contributed by atoms with Crippen LogP contribution in [0.2, 0.25) is 0 Å². The lowest BCUT2D eigenvalue weighted by Crippen LogP contribution is -2.35. The van der Waals surface area contributed by atoms with Crippen LogP contribution in [0.15, 0.2) is 0 Å². The maximum Gasteiger partial charge on any atom is 0.105 e. The minimum atomic E-state index is -0.522. The van der Waals surface area contributed by atoms with Gasteiger partial charge in [-0.2, -0.15) is 0 Å². The van der Waals surface area contributed by atoms with E-state index in [1.165, 1.54) is 0 Å². The average molecular weight is 185 g/mol. The van der Waals surface area contributed by atoms with Crippen LogP contribution in [-0.4, -0.2) is 41.1 Å². The van der Waals surface area contributed by atoms with E-state index < -0.39 is 5.60 Å². The number of aliphatic hydroxyl groups is 1. The third-order valence-corrected chi connectivity index (χ3v) is 2.55. The number of nitrogens with two attached hydrogens (primary N) is 1. The zero-order valence-corrected chi connectivity index (χ0v) is 8.21. The molecule has 0 amide bonds. The van der Waals surface area contributed by atoms with Gasteiger partial charge in [-0.15, -0.1) is 0 Å². The first-order valence-corrected chi connectivity index (χ1v) is 4.77. The topological polar surface area (TPSA) is 73.3 Å². The van der Waals surface area contributed by atoms with Crippen molar-refractivity contribution < 1.29 is 5.11 Å². The summed E-state index contributed by atoms with van der Waals surface area (Å²) in [6, 6.07) is 0. The van der Waals surface area contributed by atoms with Crippen molar-refractivity contribution in [2.75, 3.05) is 19.6 Å². The Labute approximate surface area is 79.2 Å². The molecule has 1 unspecified atom stereocenters. The molecular formula is C9H19N3O. The molecule has 1 aliphatic rings. The Kier molecular flexibility index (Phi) is 3.27. The molecule has 76 valence electrons. The molecule has 1 fully saturated rings. The number of hydrogen-bond donors (Lipinski definition) is 3. The first kappa shape index (κ1) is 10.5. The Morgan fingerprint density at radius 3 is 2.85 bits per heavy atom. The molecule has 4 N–H and O–H groups in total. The van der Waals surface area contributed by atoms with Gasteiger partial charge in [-0.05, 0) is 32.7 Å². The number of nitrogens with zero attached hydrogens (tertiary/aromatic N) is 1. The molecule has 0 aliphatic carbocycles. The molecule has 0 saturated carbocycles. The minimum Gasteiger partial charge on any atom is -0.390 e. The van der Waals surface area contributed by atoms with Gasteiger partial charge in [0.2, 0.25) is 0 Å². The lowest BCUT2D eigenvalue weighted by atomic mass is 9.98. The fourth-order valence-electron chi connectivity index (χ4n) is 1.72. The average Bonchev–Trinajstić information content (AvgIpc) is 2.12. The first-order valence-electron chi connectivity index (χ1n) is 4.77. The van der Waals surface area contributed by atoms with E-state index in [-0.39, 0.29) is 5.84 Å². The van der Waals surface area contributed by atoms with Crippen molar-refractivity contribution in [3.63, 3.8) is 0 Å². The van der Waals surface area contributed by atoms with Gasteiger partial charge in [0, 0.05) is 6.54 Å². The highest BCUT2D eigenvalue weighted by molar-refractivity contribution is 5.78. The van der Waals surface area contributed by atoms with Gasteiger partial charge in [0.1, 0.15) is 5.84 Å². The van der Waals surface area contributed by atoms with Crippen LogP contribution in [0, 0.1) is 5.41 Å². The van der Waals surface area contributed by atoms with Crippen LogP contribution >= 0.6 is 0 Å². The SMILES string of the molecule is CC1(O)CCCN(CC(=N)N)CC1. The molecule has 0 bridgehead atoms. The van der Waals surface area contributed by atoms with Crippen molar-refractivity contribution in [1.82, 2.24) is 4.90 Å². The second-order valence-corrected chi connectivity index (χ2v) is 4.15. The summed E-state index contributed by atoms with van der Waals surface area (Å²) in [5.74, 6) is 0.210.